The molecule has 1 fully saturated rings. The number of carbonyl (C=O) groups excluding carboxylic acids is 1. The minimum Gasteiger partial charge on any atom is -0.353 e. The summed E-state index contributed by atoms with van der Waals surface area (Å²) in [6.07, 6.45) is 1.81. The molecule has 1 aromatic rings. The predicted octanol–water partition coefficient (Wildman–Crippen LogP) is 0.486. The van der Waals surface area contributed by atoms with Crippen LogP contribution in [0.25, 0.3) is 0 Å². The fourth-order valence-electron chi connectivity index (χ4n) is 2.12. The first-order chi connectivity index (χ1) is 9.99. The molecule has 0 spiro atoms. The summed E-state index contributed by atoms with van der Waals surface area (Å²) in [4.78, 5) is 11.8. The van der Waals surface area contributed by atoms with Gasteiger partial charge in [-0.2, -0.15) is 0 Å². The molecule has 1 aliphatic heterocycles. The van der Waals surface area contributed by atoms with E-state index in [4.69, 9.17) is 11.6 Å². The van der Waals surface area contributed by atoms with Crippen LogP contribution in [0.4, 0.5) is 0 Å². The fourth-order valence-corrected chi connectivity index (χ4v) is 3.45. The van der Waals surface area contributed by atoms with E-state index >= 15 is 0 Å². The minimum atomic E-state index is -3.60. The highest BCUT2D eigenvalue weighted by molar-refractivity contribution is 7.89. The first kappa shape index (κ1) is 16.2. The summed E-state index contributed by atoms with van der Waals surface area (Å²) < 4.78 is 26.4. The van der Waals surface area contributed by atoms with Gasteiger partial charge < -0.3 is 10.6 Å². The summed E-state index contributed by atoms with van der Waals surface area (Å²) in [5.41, 5.74) is 0. The molecule has 1 amide bonds. The second-order valence-corrected chi connectivity index (χ2v) is 7.00. The van der Waals surface area contributed by atoms with Gasteiger partial charge in [-0.05, 0) is 37.6 Å². The lowest BCUT2D eigenvalue weighted by Gasteiger charge is -2.11. The van der Waals surface area contributed by atoms with Crippen molar-refractivity contribution in [3.05, 3.63) is 29.3 Å². The minimum absolute atomic E-state index is 0.0885. The van der Waals surface area contributed by atoms with E-state index in [-0.39, 0.29) is 29.9 Å². The van der Waals surface area contributed by atoms with Gasteiger partial charge in [0.2, 0.25) is 15.9 Å². The van der Waals surface area contributed by atoms with E-state index in [9.17, 15) is 13.2 Å². The lowest BCUT2D eigenvalue weighted by Crippen LogP contribution is -2.43. The highest BCUT2D eigenvalue weighted by atomic mass is 35.5. The molecule has 0 aromatic heterocycles. The molecular weight excluding hydrogens is 314 g/mol. The average Bonchev–Trinajstić information content (AvgIpc) is 2.97. The third-order valence-corrected chi connectivity index (χ3v) is 4.89. The van der Waals surface area contributed by atoms with Crippen molar-refractivity contribution in [1.82, 2.24) is 15.4 Å². The number of amides is 1. The smallest absolute Gasteiger partial charge is 0.240 e. The zero-order valence-corrected chi connectivity index (χ0v) is 13.0. The van der Waals surface area contributed by atoms with Gasteiger partial charge in [-0.3, -0.25) is 4.79 Å². The SMILES string of the molecule is O=C(NCCNS(=O)(=O)c1cccc(Cl)c1)C1CCCN1. The summed E-state index contributed by atoms with van der Waals surface area (Å²) in [6.45, 7) is 1.23. The van der Waals surface area contributed by atoms with Gasteiger partial charge in [0.1, 0.15) is 0 Å². The second kappa shape index (κ2) is 7.22. The molecule has 1 heterocycles. The van der Waals surface area contributed by atoms with E-state index in [0.717, 1.165) is 19.4 Å². The van der Waals surface area contributed by atoms with Crippen LogP contribution in [0.1, 0.15) is 12.8 Å². The van der Waals surface area contributed by atoms with E-state index in [1.54, 1.807) is 12.1 Å². The number of carbonyl (C=O) groups is 1. The number of sulfonamides is 1. The van der Waals surface area contributed by atoms with Crippen molar-refractivity contribution >= 4 is 27.5 Å². The van der Waals surface area contributed by atoms with Crippen LogP contribution in [0, 0.1) is 0 Å². The number of hydrogen-bond acceptors (Lipinski definition) is 4. The van der Waals surface area contributed by atoms with E-state index in [2.05, 4.69) is 15.4 Å². The molecule has 0 aliphatic carbocycles. The Hall–Kier alpha value is -1.15. The van der Waals surface area contributed by atoms with Crippen LogP contribution in [0.2, 0.25) is 5.02 Å². The van der Waals surface area contributed by atoms with Gasteiger partial charge in [-0.25, -0.2) is 13.1 Å². The Morgan fingerprint density at radius 1 is 1.38 bits per heavy atom. The number of nitrogens with one attached hydrogen (secondary N) is 3. The maximum Gasteiger partial charge on any atom is 0.240 e. The monoisotopic (exact) mass is 331 g/mol. The molecule has 3 N–H and O–H groups in total. The molecule has 1 atom stereocenters. The first-order valence-corrected chi connectivity index (χ1v) is 8.61. The first-order valence-electron chi connectivity index (χ1n) is 6.75. The molecule has 8 heteroatoms. The van der Waals surface area contributed by atoms with Gasteiger partial charge in [0.25, 0.3) is 0 Å². The van der Waals surface area contributed by atoms with Crippen LogP contribution >= 0.6 is 11.6 Å². The summed E-state index contributed by atoms with van der Waals surface area (Å²) in [5.74, 6) is -0.0885. The molecule has 1 aromatic carbocycles. The largest absolute Gasteiger partial charge is 0.353 e. The Bertz CT molecular complexity index is 600. The Morgan fingerprint density at radius 3 is 2.86 bits per heavy atom. The predicted molar refractivity (Wildman–Crippen MR) is 80.7 cm³/mol. The van der Waals surface area contributed by atoms with Crippen molar-refractivity contribution < 1.29 is 13.2 Å². The topological polar surface area (TPSA) is 87.3 Å². The van der Waals surface area contributed by atoms with Crippen LogP contribution in [0.5, 0.6) is 0 Å². The summed E-state index contributed by atoms with van der Waals surface area (Å²) >= 11 is 5.77. The van der Waals surface area contributed by atoms with Gasteiger partial charge in [0.15, 0.2) is 0 Å². The van der Waals surface area contributed by atoms with Crippen molar-refractivity contribution in [2.75, 3.05) is 19.6 Å². The normalized spacial score (nSPS) is 18.6. The van der Waals surface area contributed by atoms with E-state index in [1.165, 1.54) is 12.1 Å². The Labute approximate surface area is 129 Å². The maximum absolute atomic E-state index is 12.0. The lowest BCUT2D eigenvalue weighted by molar-refractivity contribution is -0.122. The quantitative estimate of drug-likeness (QED) is 0.662. The zero-order chi connectivity index (χ0) is 15.3. The zero-order valence-electron chi connectivity index (χ0n) is 11.4. The number of rotatable bonds is 6. The van der Waals surface area contributed by atoms with Crippen LogP contribution in [0.3, 0.4) is 0 Å². The van der Waals surface area contributed by atoms with Gasteiger partial charge in [0, 0.05) is 18.1 Å². The molecule has 0 radical (unpaired) electrons. The van der Waals surface area contributed by atoms with Crippen molar-refractivity contribution in [2.24, 2.45) is 0 Å². The summed E-state index contributed by atoms with van der Waals surface area (Å²) in [5, 5.41) is 6.15. The number of benzene rings is 1. The van der Waals surface area contributed by atoms with Crippen LogP contribution in [0.15, 0.2) is 29.2 Å². The number of hydrogen-bond donors (Lipinski definition) is 3. The maximum atomic E-state index is 12.0. The Balaban J connectivity index is 1.78. The second-order valence-electron chi connectivity index (χ2n) is 4.80. The van der Waals surface area contributed by atoms with Crippen LogP contribution < -0.4 is 15.4 Å². The lowest BCUT2D eigenvalue weighted by atomic mass is 10.2. The molecule has 6 nitrogen and oxygen atoms in total. The standard InChI is InChI=1S/C13H18ClN3O3S/c14-10-3-1-4-11(9-10)21(19,20)17-8-7-16-13(18)12-5-2-6-15-12/h1,3-4,9,12,15,17H,2,5-8H2,(H,16,18). The van der Waals surface area contributed by atoms with E-state index in [0.29, 0.717) is 5.02 Å². The van der Waals surface area contributed by atoms with Crippen LogP contribution in [-0.2, 0) is 14.8 Å². The van der Waals surface area contributed by atoms with E-state index in [1.807, 2.05) is 0 Å². The molecule has 1 saturated heterocycles. The molecule has 116 valence electrons. The fraction of sp³-hybridized carbons (Fsp3) is 0.462. The Kier molecular flexibility index (Phi) is 5.58. The van der Waals surface area contributed by atoms with Crippen molar-refractivity contribution in [3.8, 4) is 0 Å². The molecular formula is C13H18ClN3O3S. The van der Waals surface area contributed by atoms with Gasteiger partial charge in [-0.15, -0.1) is 0 Å². The van der Waals surface area contributed by atoms with Gasteiger partial charge >= 0.3 is 0 Å². The highest BCUT2D eigenvalue weighted by Crippen LogP contribution is 2.14. The van der Waals surface area contributed by atoms with Gasteiger partial charge in [0.05, 0.1) is 10.9 Å². The molecule has 21 heavy (non-hydrogen) atoms. The van der Waals surface area contributed by atoms with Crippen molar-refractivity contribution in [3.63, 3.8) is 0 Å². The van der Waals surface area contributed by atoms with Crippen molar-refractivity contribution in [2.45, 2.75) is 23.8 Å². The Morgan fingerprint density at radius 2 is 2.19 bits per heavy atom. The molecule has 1 aliphatic rings. The average molecular weight is 332 g/mol. The third-order valence-electron chi connectivity index (χ3n) is 3.20. The van der Waals surface area contributed by atoms with E-state index < -0.39 is 10.0 Å². The molecule has 0 bridgehead atoms. The van der Waals surface area contributed by atoms with Crippen molar-refractivity contribution in [1.29, 1.82) is 0 Å². The van der Waals surface area contributed by atoms with Crippen LogP contribution in [-0.4, -0.2) is 40.0 Å². The molecule has 1 unspecified atom stereocenters. The third kappa shape index (κ3) is 4.67. The summed E-state index contributed by atoms with van der Waals surface area (Å²) in [6, 6.07) is 5.87. The van der Waals surface area contributed by atoms with Gasteiger partial charge in [-0.1, -0.05) is 17.7 Å². The number of halogens is 1. The molecule has 2 rings (SSSR count). The highest BCUT2D eigenvalue weighted by Gasteiger charge is 2.21. The molecule has 0 saturated carbocycles. The summed E-state index contributed by atoms with van der Waals surface area (Å²) in [7, 11) is -3.60.